The molecule has 0 fully saturated rings. The fourth-order valence-corrected chi connectivity index (χ4v) is 3.76. The molecule has 0 saturated heterocycles. The molecule has 0 unspecified atom stereocenters. The van der Waals surface area contributed by atoms with Crippen LogP contribution in [-0.4, -0.2) is 30.8 Å². The van der Waals surface area contributed by atoms with Crippen LogP contribution in [0.1, 0.15) is 17.2 Å². The summed E-state index contributed by atoms with van der Waals surface area (Å²) in [4.78, 5) is 11.4. The van der Waals surface area contributed by atoms with Gasteiger partial charge in [0, 0.05) is 24.7 Å². The van der Waals surface area contributed by atoms with E-state index in [9.17, 15) is 4.79 Å². The van der Waals surface area contributed by atoms with Crippen LogP contribution in [0.25, 0.3) is 10.9 Å². The Labute approximate surface area is 182 Å². The van der Waals surface area contributed by atoms with E-state index in [1.807, 2.05) is 30.3 Å². The lowest BCUT2D eigenvalue weighted by molar-refractivity contribution is -0.142. The highest BCUT2D eigenvalue weighted by Gasteiger charge is 2.13. The molecule has 5 heteroatoms. The number of esters is 1. The van der Waals surface area contributed by atoms with Gasteiger partial charge in [0.15, 0.2) is 6.61 Å². The first-order valence-corrected chi connectivity index (χ1v) is 10.4. The maximum atomic E-state index is 11.4. The number of hydrogen-bond donors (Lipinski definition) is 1. The zero-order chi connectivity index (χ0) is 21.5. The van der Waals surface area contributed by atoms with Crippen LogP contribution >= 0.6 is 0 Å². The number of fused-ring (bicyclic) bond motifs is 1. The van der Waals surface area contributed by atoms with Crippen LogP contribution in [0.2, 0.25) is 0 Å². The van der Waals surface area contributed by atoms with Gasteiger partial charge in [0.05, 0.1) is 18.7 Å². The zero-order valence-corrected chi connectivity index (χ0v) is 17.5. The largest absolute Gasteiger partial charge is 0.481 e. The molecule has 1 heterocycles. The van der Waals surface area contributed by atoms with Gasteiger partial charge in [0.2, 0.25) is 0 Å². The van der Waals surface area contributed by atoms with Crippen LogP contribution in [-0.2, 0) is 16.1 Å². The SMILES string of the molecule is COC(=O)COc1cccc2c1ccn2CCNC(c1ccccc1)c1ccccc1. The van der Waals surface area contributed by atoms with Crippen LogP contribution in [0, 0.1) is 0 Å². The third-order valence-corrected chi connectivity index (χ3v) is 5.31. The molecule has 3 aromatic carbocycles. The van der Waals surface area contributed by atoms with E-state index in [4.69, 9.17) is 4.74 Å². The van der Waals surface area contributed by atoms with E-state index in [2.05, 4.69) is 75.4 Å². The molecule has 0 bridgehead atoms. The number of hydrogen-bond acceptors (Lipinski definition) is 4. The van der Waals surface area contributed by atoms with E-state index in [-0.39, 0.29) is 12.6 Å². The molecule has 1 aromatic heterocycles. The van der Waals surface area contributed by atoms with Gasteiger partial charge in [0.25, 0.3) is 0 Å². The summed E-state index contributed by atoms with van der Waals surface area (Å²) < 4.78 is 12.5. The van der Waals surface area contributed by atoms with E-state index in [1.54, 1.807) is 0 Å². The molecule has 1 N–H and O–H groups in total. The van der Waals surface area contributed by atoms with Crippen molar-refractivity contribution in [2.24, 2.45) is 0 Å². The van der Waals surface area contributed by atoms with Crippen molar-refractivity contribution < 1.29 is 14.3 Å². The number of methoxy groups -OCH3 is 1. The Morgan fingerprint density at radius 1 is 0.903 bits per heavy atom. The van der Waals surface area contributed by atoms with Crippen LogP contribution in [0.5, 0.6) is 5.75 Å². The van der Waals surface area contributed by atoms with E-state index in [0.717, 1.165) is 24.0 Å². The van der Waals surface area contributed by atoms with Crippen LogP contribution < -0.4 is 10.1 Å². The lowest BCUT2D eigenvalue weighted by atomic mass is 9.99. The Hall–Kier alpha value is -3.57. The molecule has 4 rings (SSSR count). The molecule has 0 spiro atoms. The van der Waals surface area contributed by atoms with E-state index < -0.39 is 5.97 Å². The van der Waals surface area contributed by atoms with Crippen LogP contribution in [0.15, 0.2) is 91.1 Å². The Balaban J connectivity index is 1.47. The average molecular weight is 415 g/mol. The summed E-state index contributed by atoms with van der Waals surface area (Å²) in [7, 11) is 1.36. The van der Waals surface area contributed by atoms with Crippen molar-refractivity contribution in [3.8, 4) is 5.75 Å². The quantitative estimate of drug-likeness (QED) is 0.408. The monoisotopic (exact) mass is 414 g/mol. The van der Waals surface area contributed by atoms with Crippen molar-refractivity contribution in [3.05, 3.63) is 102 Å². The molecular formula is C26H26N2O3. The second-order valence-electron chi connectivity index (χ2n) is 7.27. The fourth-order valence-electron chi connectivity index (χ4n) is 3.76. The Morgan fingerprint density at radius 3 is 2.23 bits per heavy atom. The van der Waals surface area contributed by atoms with Crippen molar-refractivity contribution in [1.82, 2.24) is 9.88 Å². The van der Waals surface area contributed by atoms with Crippen molar-refractivity contribution in [2.75, 3.05) is 20.3 Å². The molecule has 158 valence electrons. The summed E-state index contributed by atoms with van der Waals surface area (Å²) in [5.41, 5.74) is 3.55. The van der Waals surface area contributed by atoms with Gasteiger partial charge in [-0.05, 0) is 29.3 Å². The number of benzene rings is 3. The third-order valence-electron chi connectivity index (χ3n) is 5.31. The average Bonchev–Trinajstić information content (AvgIpc) is 3.25. The van der Waals surface area contributed by atoms with Gasteiger partial charge >= 0.3 is 5.97 Å². The number of carbonyl (C=O) groups is 1. The number of ether oxygens (including phenoxy) is 2. The number of aromatic nitrogens is 1. The topological polar surface area (TPSA) is 52.5 Å². The molecule has 0 amide bonds. The summed E-state index contributed by atoms with van der Waals surface area (Å²) in [6.45, 7) is 1.50. The van der Waals surface area contributed by atoms with Crippen LogP contribution in [0.3, 0.4) is 0 Å². The first-order chi connectivity index (χ1) is 15.3. The Bertz CT molecular complexity index is 1080. The third kappa shape index (κ3) is 4.95. The highest BCUT2D eigenvalue weighted by Crippen LogP contribution is 2.27. The fraction of sp³-hybridized carbons (Fsp3) is 0.192. The Kier molecular flexibility index (Phi) is 6.65. The van der Waals surface area contributed by atoms with E-state index >= 15 is 0 Å². The second kappa shape index (κ2) is 9.96. The summed E-state index contributed by atoms with van der Waals surface area (Å²) in [5.74, 6) is 0.287. The van der Waals surface area contributed by atoms with Crippen molar-refractivity contribution in [3.63, 3.8) is 0 Å². The maximum Gasteiger partial charge on any atom is 0.343 e. The molecule has 0 aliphatic rings. The lowest BCUT2D eigenvalue weighted by Gasteiger charge is -2.20. The van der Waals surface area contributed by atoms with Crippen LogP contribution in [0.4, 0.5) is 0 Å². The van der Waals surface area contributed by atoms with Gasteiger partial charge in [-0.3, -0.25) is 0 Å². The van der Waals surface area contributed by atoms with Gasteiger partial charge in [-0.25, -0.2) is 4.79 Å². The van der Waals surface area contributed by atoms with Gasteiger partial charge in [-0.2, -0.15) is 0 Å². The minimum Gasteiger partial charge on any atom is -0.481 e. The minimum absolute atomic E-state index is 0.0990. The number of nitrogens with one attached hydrogen (secondary N) is 1. The molecular weight excluding hydrogens is 388 g/mol. The normalized spacial score (nSPS) is 11.0. The minimum atomic E-state index is -0.395. The molecule has 0 aliphatic heterocycles. The molecule has 0 aliphatic carbocycles. The number of carbonyl (C=O) groups excluding carboxylic acids is 1. The van der Waals surface area contributed by atoms with Crippen molar-refractivity contribution in [2.45, 2.75) is 12.6 Å². The van der Waals surface area contributed by atoms with Crippen molar-refractivity contribution in [1.29, 1.82) is 0 Å². The molecule has 0 saturated carbocycles. The number of nitrogens with zero attached hydrogens (tertiary/aromatic N) is 1. The first-order valence-electron chi connectivity index (χ1n) is 10.4. The van der Waals surface area contributed by atoms with E-state index in [1.165, 1.54) is 18.2 Å². The van der Waals surface area contributed by atoms with Gasteiger partial charge in [-0.1, -0.05) is 66.7 Å². The molecule has 31 heavy (non-hydrogen) atoms. The lowest BCUT2D eigenvalue weighted by Crippen LogP contribution is -2.26. The van der Waals surface area contributed by atoms with Gasteiger partial charge < -0.3 is 19.4 Å². The molecule has 0 radical (unpaired) electrons. The maximum absolute atomic E-state index is 11.4. The van der Waals surface area contributed by atoms with Crippen molar-refractivity contribution >= 4 is 16.9 Å². The molecule has 5 nitrogen and oxygen atoms in total. The summed E-state index contributed by atoms with van der Waals surface area (Å²) in [6.07, 6.45) is 2.05. The summed E-state index contributed by atoms with van der Waals surface area (Å²) in [5, 5.41) is 4.68. The summed E-state index contributed by atoms with van der Waals surface area (Å²) >= 11 is 0. The van der Waals surface area contributed by atoms with Gasteiger partial charge in [0.1, 0.15) is 5.75 Å². The standard InChI is InChI=1S/C26H26N2O3/c1-30-25(29)19-31-24-14-8-13-23-22(24)15-17-28(23)18-16-27-26(20-9-4-2-5-10-20)21-11-6-3-7-12-21/h2-15,17,26-27H,16,18-19H2,1H3. The predicted octanol–water partition coefficient (Wildman–Crippen LogP) is 4.57. The molecule has 0 atom stereocenters. The Morgan fingerprint density at radius 2 is 1.58 bits per heavy atom. The predicted molar refractivity (Wildman–Crippen MR) is 122 cm³/mol. The second-order valence-corrected chi connectivity index (χ2v) is 7.27. The zero-order valence-electron chi connectivity index (χ0n) is 17.5. The smallest absolute Gasteiger partial charge is 0.343 e. The van der Waals surface area contributed by atoms with E-state index in [0.29, 0.717) is 5.75 Å². The first kappa shape index (κ1) is 20.7. The molecule has 4 aromatic rings. The van der Waals surface area contributed by atoms with Gasteiger partial charge in [-0.15, -0.1) is 0 Å². The summed E-state index contributed by atoms with van der Waals surface area (Å²) in [6, 6.07) is 29.0. The highest BCUT2D eigenvalue weighted by molar-refractivity contribution is 5.86. The highest BCUT2D eigenvalue weighted by atomic mass is 16.6. The number of rotatable bonds is 9.